The van der Waals surface area contributed by atoms with E-state index >= 15 is 0 Å². The van der Waals surface area contributed by atoms with Gasteiger partial charge in [0.2, 0.25) is 5.03 Å². The molecule has 8 nitrogen and oxygen atoms in total. The molecule has 0 fully saturated rings. The molecule has 0 spiro atoms. The Bertz CT molecular complexity index is 594. The molecule has 0 amide bonds. The maximum Gasteiger partial charge on any atom is 0.263 e. The number of aromatic nitrogens is 1. The van der Waals surface area contributed by atoms with E-state index < -0.39 is 20.9 Å². The molecule has 0 aliphatic rings. The zero-order valence-electron chi connectivity index (χ0n) is 11.4. The van der Waals surface area contributed by atoms with Crippen LogP contribution < -0.4 is 5.73 Å². The van der Waals surface area contributed by atoms with Crippen molar-refractivity contribution in [3.8, 4) is 0 Å². The molecule has 0 aliphatic heterocycles. The minimum Gasteiger partial charge on any atom is -0.409 e. The van der Waals surface area contributed by atoms with Crippen LogP contribution >= 0.6 is 0 Å². The van der Waals surface area contributed by atoms with E-state index in [2.05, 4.69) is 10.1 Å². The molecular formula is C11H17FN4O4S. The number of oxime groups is 1. The summed E-state index contributed by atoms with van der Waals surface area (Å²) in [7, 11) is -2.72. The molecule has 10 heteroatoms. The van der Waals surface area contributed by atoms with Crippen LogP contribution in [0.2, 0.25) is 0 Å². The Hall–Kier alpha value is -1.78. The standard InChI is InChI=1S/C11H17FN4O4S/c1-20-8-7-16(6-4-10(13)15-17)21(18,19)11-9(12)3-2-5-14-11/h2-3,5,17H,4,6-8H2,1H3,(H2,13,15). The number of nitrogens with zero attached hydrogens (tertiary/aromatic N) is 3. The van der Waals surface area contributed by atoms with Gasteiger partial charge in [-0.25, -0.2) is 17.8 Å². The van der Waals surface area contributed by atoms with Crippen molar-refractivity contribution in [2.45, 2.75) is 11.4 Å². The number of methoxy groups -OCH3 is 1. The lowest BCUT2D eigenvalue weighted by Crippen LogP contribution is -2.37. The monoisotopic (exact) mass is 320 g/mol. The van der Waals surface area contributed by atoms with Crippen LogP contribution in [0.25, 0.3) is 0 Å². The van der Waals surface area contributed by atoms with Crippen molar-refractivity contribution in [1.29, 1.82) is 0 Å². The molecule has 3 N–H and O–H groups in total. The Kier molecular flexibility index (Phi) is 6.46. The average molecular weight is 320 g/mol. The predicted octanol–water partition coefficient (Wildman–Crippen LogP) is -0.00570. The minimum atomic E-state index is -4.13. The highest BCUT2D eigenvalue weighted by Crippen LogP contribution is 2.16. The first-order valence-corrected chi connectivity index (χ1v) is 7.43. The van der Waals surface area contributed by atoms with Crippen LogP contribution in [0.4, 0.5) is 4.39 Å². The van der Waals surface area contributed by atoms with Crippen molar-refractivity contribution in [1.82, 2.24) is 9.29 Å². The molecule has 0 aliphatic carbocycles. The third-order valence-corrected chi connectivity index (χ3v) is 4.43. The zero-order valence-corrected chi connectivity index (χ0v) is 12.3. The molecule has 0 bridgehead atoms. The molecule has 1 rings (SSSR count). The van der Waals surface area contributed by atoms with Gasteiger partial charge >= 0.3 is 0 Å². The van der Waals surface area contributed by atoms with Crippen LogP contribution in [-0.4, -0.2) is 55.6 Å². The van der Waals surface area contributed by atoms with Gasteiger partial charge < -0.3 is 15.7 Å². The smallest absolute Gasteiger partial charge is 0.263 e. The number of hydrogen-bond donors (Lipinski definition) is 2. The van der Waals surface area contributed by atoms with Crippen molar-refractivity contribution >= 4 is 15.9 Å². The summed E-state index contributed by atoms with van der Waals surface area (Å²) in [6, 6.07) is 2.31. The Morgan fingerprint density at radius 1 is 1.57 bits per heavy atom. The highest BCUT2D eigenvalue weighted by atomic mass is 32.2. The van der Waals surface area contributed by atoms with Crippen LogP contribution in [0, 0.1) is 5.82 Å². The summed E-state index contributed by atoms with van der Waals surface area (Å²) in [4.78, 5) is 3.57. The number of pyridine rings is 1. The molecule has 0 saturated carbocycles. The maximum atomic E-state index is 13.6. The van der Waals surface area contributed by atoms with Crippen LogP contribution in [0.3, 0.4) is 0 Å². The normalized spacial score (nSPS) is 12.8. The topological polar surface area (TPSA) is 118 Å². The molecule has 0 aromatic carbocycles. The van der Waals surface area contributed by atoms with Crippen LogP contribution in [-0.2, 0) is 14.8 Å². The molecule has 21 heavy (non-hydrogen) atoms. The van der Waals surface area contributed by atoms with Crippen LogP contribution in [0.5, 0.6) is 0 Å². The third kappa shape index (κ3) is 4.62. The Morgan fingerprint density at radius 2 is 2.29 bits per heavy atom. The first kappa shape index (κ1) is 17.3. The van der Waals surface area contributed by atoms with E-state index in [-0.39, 0.29) is 32.0 Å². The molecule has 0 saturated heterocycles. The lowest BCUT2D eigenvalue weighted by molar-refractivity contribution is 0.179. The summed E-state index contributed by atoms with van der Waals surface area (Å²) in [5, 5.41) is 10.6. The van der Waals surface area contributed by atoms with Gasteiger partial charge in [0.05, 0.1) is 6.61 Å². The highest BCUT2D eigenvalue weighted by Gasteiger charge is 2.28. The van der Waals surface area contributed by atoms with E-state index in [1.54, 1.807) is 0 Å². The second-order valence-electron chi connectivity index (χ2n) is 4.03. The fourth-order valence-electron chi connectivity index (χ4n) is 1.52. The van der Waals surface area contributed by atoms with Gasteiger partial charge in [-0.05, 0) is 12.1 Å². The summed E-state index contributed by atoms with van der Waals surface area (Å²) >= 11 is 0. The van der Waals surface area contributed by atoms with Crippen LogP contribution in [0.1, 0.15) is 6.42 Å². The fourth-order valence-corrected chi connectivity index (χ4v) is 2.92. The predicted molar refractivity (Wildman–Crippen MR) is 72.9 cm³/mol. The van der Waals surface area contributed by atoms with Crippen molar-refractivity contribution < 1.29 is 22.8 Å². The second kappa shape index (κ2) is 7.86. The van der Waals surface area contributed by atoms with Gasteiger partial charge in [0, 0.05) is 32.8 Å². The number of sulfonamides is 1. The van der Waals surface area contributed by atoms with Crippen LogP contribution in [0.15, 0.2) is 28.5 Å². The van der Waals surface area contributed by atoms with Crippen molar-refractivity contribution in [3.63, 3.8) is 0 Å². The third-order valence-electron chi connectivity index (χ3n) is 2.60. The summed E-state index contributed by atoms with van der Waals surface area (Å²) in [5.41, 5.74) is 5.32. The summed E-state index contributed by atoms with van der Waals surface area (Å²) in [6.07, 6.45) is 1.18. The number of nitrogens with two attached hydrogens (primary N) is 1. The summed E-state index contributed by atoms with van der Waals surface area (Å²) in [6.45, 7) is 0.0228. The lowest BCUT2D eigenvalue weighted by Gasteiger charge is -2.21. The van der Waals surface area contributed by atoms with Gasteiger partial charge in [-0.1, -0.05) is 5.16 Å². The molecule has 0 atom stereocenters. The summed E-state index contributed by atoms with van der Waals surface area (Å²) < 4.78 is 44.2. The first-order chi connectivity index (χ1) is 9.93. The van der Waals surface area contributed by atoms with Gasteiger partial charge in [-0.15, -0.1) is 0 Å². The fraction of sp³-hybridized carbons (Fsp3) is 0.455. The molecule has 118 valence electrons. The van der Waals surface area contributed by atoms with Crippen molar-refractivity contribution in [2.75, 3.05) is 26.8 Å². The largest absolute Gasteiger partial charge is 0.409 e. The molecule has 1 heterocycles. The number of rotatable bonds is 8. The van der Waals surface area contributed by atoms with Gasteiger partial charge in [-0.2, -0.15) is 4.31 Å². The summed E-state index contributed by atoms with van der Waals surface area (Å²) in [5.74, 6) is -1.07. The molecule has 0 radical (unpaired) electrons. The maximum absolute atomic E-state index is 13.6. The van der Waals surface area contributed by atoms with E-state index in [1.807, 2.05) is 0 Å². The Morgan fingerprint density at radius 3 is 2.86 bits per heavy atom. The minimum absolute atomic E-state index is 0.00605. The molecular weight excluding hydrogens is 303 g/mol. The van der Waals surface area contributed by atoms with Crippen molar-refractivity contribution in [2.24, 2.45) is 10.9 Å². The Balaban J connectivity index is 3.03. The average Bonchev–Trinajstić information content (AvgIpc) is 2.46. The van der Waals surface area contributed by atoms with Crippen molar-refractivity contribution in [3.05, 3.63) is 24.1 Å². The zero-order chi connectivity index (χ0) is 15.9. The quantitative estimate of drug-likeness (QED) is 0.301. The molecule has 1 aromatic rings. The highest BCUT2D eigenvalue weighted by molar-refractivity contribution is 7.89. The van der Waals surface area contributed by atoms with E-state index in [4.69, 9.17) is 15.7 Å². The first-order valence-electron chi connectivity index (χ1n) is 5.99. The van der Waals surface area contributed by atoms with Gasteiger partial charge in [0.15, 0.2) is 5.82 Å². The lowest BCUT2D eigenvalue weighted by atomic mass is 10.4. The molecule has 0 unspecified atom stereocenters. The van der Waals surface area contributed by atoms with E-state index in [0.717, 1.165) is 10.4 Å². The van der Waals surface area contributed by atoms with Gasteiger partial charge in [0.1, 0.15) is 5.84 Å². The number of halogens is 1. The van der Waals surface area contributed by atoms with Gasteiger partial charge in [0.25, 0.3) is 10.0 Å². The SMILES string of the molecule is COCCN(CC/C(N)=N/O)S(=O)(=O)c1ncccc1F. The Labute approximate surface area is 122 Å². The number of hydrogen-bond acceptors (Lipinski definition) is 6. The second-order valence-corrected chi connectivity index (χ2v) is 5.88. The van der Waals surface area contributed by atoms with E-state index in [1.165, 1.54) is 19.4 Å². The molecule has 1 aromatic heterocycles. The van der Waals surface area contributed by atoms with E-state index in [9.17, 15) is 12.8 Å². The number of ether oxygens (including phenoxy) is 1. The van der Waals surface area contributed by atoms with E-state index in [0.29, 0.717) is 0 Å². The number of amidine groups is 1. The van der Waals surface area contributed by atoms with Gasteiger partial charge in [-0.3, -0.25) is 0 Å².